The minimum atomic E-state index is -1.08. The van der Waals surface area contributed by atoms with Crippen LogP contribution >= 0.6 is 11.6 Å². The molecule has 1 aliphatic rings. The first-order chi connectivity index (χ1) is 12.5. The number of benzene rings is 2. The Morgan fingerprint density at radius 3 is 2.73 bits per heavy atom. The number of amides is 1. The topological polar surface area (TPSA) is 58.6 Å². The average molecular weight is 372 g/mol. The van der Waals surface area contributed by atoms with Crippen LogP contribution in [0.4, 0.5) is 0 Å². The van der Waals surface area contributed by atoms with Crippen molar-refractivity contribution in [2.24, 2.45) is 0 Å². The fourth-order valence-electron chi connectivity index (χ4n) is 3.29. The zero-order chi connectivity index (χ0) is 18.5. The van der Waals surface area contributed by atoms with Gasteiger partial charge in [0, 0.05) is 28.6 Å². The maximum Gasteiger partial charge on any atom is 0.225 e. The van der Waals surface area contributed by atoms with Gasteiger partial charge in [0.15, 0.2) is 6.29 Å². The summed E-state index contributed by atoms with van der Waals surface area (Å²) >= 11 is 6.11. The van der Waals surface area contributed by atoms with Gasteiger partial charge in [-0.05, 0) is 36.6 Å². The fraction of sp³-hybridized carbons (Fsp3) is 0.286. The van der Waals surface area contributed by atoms with Crippen LogP contribution in [0.5, 0.6) is 0 Å². The molecule has 4 nitrogen and oxygen atoms in total. The molecule has 2 aromatic carbocycles. The molecule has 3 rings (SSSR count). The Kier molecular flexibility index (Phi) is 6.09. The quantitative estimate of drug-likeness (QED) is 0.759. The molecule has 1 heterocycles. The van der Waals surface area contributed by atoms with Crippen LogP contribution in [0.25, 0.3) is 0 Å². The molecular formula is C21H22ClNO3. The second-order valence-electron chi connectivity index (χ2n) is 6.40. The van der Waals surface area contributed by atoms with Gasteiger partial charge in [0.2, 0.25) is 5.91 Å². The summed E-state index contributed by atoms with van der Waals surface area (Å²) in [6.45, 7) is 2.17. The highest BCUT2D eigenvalue weighted by Crippen LogP contribution is 2.35. The fourth-order valence-corrected chi connectivity index (χ4v) is 3.49. The molecule has 2 aromatic rings. The maximum atomic E-state index is 12.0. The van der Waals surface area contributed by atoms with Gasteiger partial charge in [0.25, 0.3) is 0 Å². The van der Waals surface area contributed by atoms with Crippen LogP contribution in [0, 0.1) is 0 Å². The zero-order valence-corrected chi connectivity index (χ0v) is 15.4. The number of hydrogen-bond acceptors (Lipinski definition) is 3. The average Bonchev–Trinajstić information content (AvgIpc) is 2.62. The molecule has 0 fully saturated rings. The first-order valence-electron chi connectivity index (χ1n) is 8.64. The Morgan fingerprint density at radius 2 is 2.00 bits per heavy atom. The van der Waals surface area contributed by atoms with Gasteiger partial charge in [-0.25, -0.2) is 0 Å². The number of carbonyl (C=O) groups excluding carboxylic acids is 1. The van der Waals surface area contributed by atoms with Gasteiger partial charge in [0.05, 0.1) is 6.61 Å². The van der Waals surface area contributed by atoms with Gasteiger partial charge < -0.3 is 15.2 Å². The lowest BCUT2D eigenvalue weighted by molar-refractivity contribution is -0.122. The van der Waals surface area contributed by atoms with Gasteiger partial charge in [-0.15, -0.1) is 0 Å². The third-order valence-corrected chi connectivity index (χ3v) is 4.79. The Labute approximate surface area is 158 Å². The number of carbonyl (C=O) groups is 1. The molecule has 136 valence electrons. The molecule has 2 atom stereocenters. The molecule has 26 heavy (non-hydrogen) atoms. The van der Waals surface area contributed by atoms with Crippen LogP contribution in [0.1, 0.15) is 30.4 Å². The van der Waals surface area contributed by atoms with Gasteiger partial charge >= 0.3 is 0 Å². The van der Waals surface area contributed by atoms with Crippen LogP contribution < -0.4 is 5.32 Å². The molecule has 1 aliphatic heterocycles. The Balaban J connectivity index is 1.75. The number of rotatable bonds is 6. The van der Waals surface area contributed by atoms with Gasteiger partial charge in [-0.1, -0.05) is 54.1 Å². The minimum Gasteiger partial charge on any atom is -0.364 e. The van der Waals surface area contributed by atoms with E-state index >= 15 is 0 Å². The van der Waals surface area contributed by atoms with Crippen molar-refractivity contribution in [3.05, 3.63) is 82.0 Å². The summed E-state index contributed by atoms with van der Waals surface area (Å²) in [4.78, 5) is 12.0. The molecule has 2 N–H and O–H groups in total. The van der Waals surface area contributed by atoms with E-state index in [1.54, 1.807) is 13.0 Å². The summed E-state index contributed by atoms with van der Waals surface area (Å²) in [6, 6.07) is 17.3. The second-order valence-corrected chi connectivity index (χ2v) is 6.84. The molecule has 0 saturated heterocycles. The van der Waals surface area contributed by atoms with Crippen molar-refractivity contribution in [3.8, 4) is 0 Å². The smallest absolute Gasteiger partial charge is 0.225 e. The molecule has 2 unspecified atom stereocenters. The van der Waals surface area contributed by atoms with Crippen molar-refractivity contribution in [1.29, 1.82) is 0 Å². The minimum absolute atomic E-state index is 0.0762. The molecule has 1 amide bonds. The highest BCUT2D eigenvalue weighted by Gasteiger charge is 2.32. The standard InChI is InChI=1S/C21H22ClNO3/c1-14-20(21(25)26-11-10-15-6-3-2-4-7-15)18(13-19(24)23-14)16-8-5-9-17(22)12-16/h2-9,12,18,21,25H,10-11,13H2,1H3,(H,23,24). The second kappa shape index (κ2) is 8.49. The van der Waals surface area contributed by atoms with E-state index in [2.05, 4.69) is 5.32 Å². The number of halogens is 1. The van der Waals surface area contributed by atoms with Crippen molar-refractivity contribution >= 4 is 17.5 Å². The van der Waals surface area contributed by atoms with E-state index in [0.717, 1.165) is 11.1 Å². The summed E-state index contributed by atoms with van der Waals surface area (Å²) < 4.78 is 5.69. The number of hydrogen-bond donors (Lipinski definition) is 2. The van der Waals surface area contributed by atoms with E-state index in [4.69, 9.17) is 16.3 Å². The van der Waals surface area contributed by atoms with Crippen LogP contribution in [-0.4, -0.2) is 23.9 Å². The van der Waals surface area contributed by atoms with Crippen molar-refractivity contribution in [3.63, 3.8) is 0 Å². The summed E-state index contributed by atoms with van der Waals surface area (Å²) in [5.41, 5.74) is 3.36. The largest absolute Gasteiger partial charge is 0.364 e. The number of ether oxygens (including phenoxy) is 1. The highest BCUT2D eigenvalue weighted by molar-refractivity contribution is 6.30. The summed E-state index contributed by atoms with van der Waals surface area (Å²) in [6.07, 6.45) is -0.117. The third kappa shape index (κ3) is 4.52. The Morgan fingerprint density at radius 1 is 1.23 bits per heavy atom. The van der Waals surface area contributed by atoms with Crippen molar-refractivity contribution < 1.29 is 14.6 Å². The lowest BCUT2D eigenvalue weighted by Gasteiger charge is -2.30. The van der Waals surface area contributed by atoms with Crippen LogP contribution in [-0.2, 0) is 16.0 Å². The molecule has 0 aromatic heterocycles. The number of aliphatic hydroxyl groups is 1. The van der Waals surface area contributed by atoms with Crippen LogP contribution in [0.2, 0.25) is 5.02 Å². The van der Waals surface area contributed by atoms with Crippen molar-refractivity contribution in [2.45, 2.75) is 32.0 Å². The maximum absolute atomic E-state index is 12.0. The van der Waals surface area contributed by atoms with Crippen molar-refractivity contribution in [1.82, 2.24) is 5.32 Å². The van der Waals surface area contributed by atoms with E-state index in [1.165, 1.54) is 0 Å². The number of aliphatic hydroxyl groups excluding tert-OH is 1. The van der Waals surface area contributed by atoms with E-state index in [1.807, 2.05) is 48.5 Å². The van der Waals surface area contributed by atoms with Gasteiger partial charge in [-0.3, -0.25) is 4.79 Å². The van der Waals surface area contributed by atoms with E-state index in [9.17, 15) is 9.90 Å². The molecule has 0 radical (unpaired) electrons. The zero-order valence-electron chi connectivity index (χ0n) is 14.6. The monoisotopic (exact) mass is 371 g/mol. The highest BCUT2D eigenvalue weighted by atomic mass is 35.5. The lowest BCUT2D eigenvalue weighted by atomic mass is 9.84. The summed E-state index contributed by atoms with van der Waals surface area (Å²) in [7, 11) is 0. The third-order valence-electron chi connectivity index (χ3n) is 4.55. The summed E-state index contributed by atoms with van der Waals surface area (Å²) in [5.74, 6) is -0.332. The SMILES string of the molecule is CC1=C(C(O)OCCc2ccccc2)C(c2cccc(Cl)c2)CC(=O)N1. The Bertz CT molecular complexity index is 804. The van der Waals surface area contributed by atoms with Gasteiger partial charge in [0.1, 0.15) is 0 Å². The molecule has 0 aliphatic carbocycles. The van der Waals surface area contributed by atoms with Crippen LogP contribution in [0.15, 0.2) is 65.9 Å². The summed E-state index contributed by atoms with van der Waals surface area (Å²) in [5, 5.41) is 14.0. The number of nitrogens with one attached hydrogen (secondary N) is 1. The van der Waals surface area contributed by atoms with E-state index in [-0.39, 0.29) is 18.2 Å². The normalized spacial score (nSPS) is 18.6. The first-order valence-corrected chi connectivity index (χ1v) is 9.02. The van der Waals surface area contributed by atoms with Crippen molar-refractivity contribution in [2.75, 3.05) is 6.61 Å². The predicted octanol–water partition coefficient (Wildman–Crippen LogP) is 3.80. The molecule has 5 heteroatoms. The lowest BCUT2D eigenvalue weighted by Crippen LogP contribution is -2.36. The predicted molar refractivity (Wildman–Crippen MR) is 102 cm³/mol. The molecule has 0 spiro atoms. The molecule has 0 bridgehead atoms. The Hall–Kier alpha value is -2.14. The molecular weight excluding hydrogens is 350 g/mol. The van der Waals surface area contributed by atoms with E-state index < -0.39 is 6.29 Å². The number of allylic oxidation sites excluding steroid dienone is 1. The van der Waals surface area contributed by atoms with Gasteiger partial charge in [-0.2, -0.15) is 0 Å². The van der Waals surface area contributed by atoms with Crippen LogP contribution in [0.3, 0.4) is 0 Å². The van der Waals surface area contributed by atoms with E-state index in [0.29, 0.717) is 29.3 Å². The first kappa shape index (κ1) is 18.6. The molecule has 0 saturated carbocycles.